The van der Waals surface area contributed by atoms with Gasteiger partial charge in [0.15, 0.2) is 0 Å². The van der Waals surface area contributed by atoms with Gasteiger partial charge in [-0.05, 0) is 43.3 Å². The van der Waals surface area contributed by atoms with Gasteiger partial charge in [0.1, 0.15) is 28.7 Å². The van der Waals surface area contributed by atoms with E-state index in [1.165, 1.54) is 4.68 Å². The average Bonchev–Trinajstić information content (AvgIpc) is 3.11. The summed E-state index contributed by atoms with van der Waals surface area (Å²) in [6, 6.07) is 22.4. The molecule has 0 amide bonds. The molecule has 0 spiro atoms. The van der Waals surface area contributed by atoms with Gasteiger partial charge in [0.25, 0.3) is 5.56 Å². The molecule has 5 nitrogen and oxygen atoms in total. The molecule has 134 valence electrons. The second kappa shape index (κ2) is 6.96. The molecular weight excluding hydrogens is 340 g/mol. The molecule has 2 aromatic heterocycles. The van der Waals surface area contributed by atoms with Gasteiger partial charge in [0.05, 0.1) is 5.56 Å². The molecular formula is C22H18N2O3. The second-order valence-electron chi connectivity index (χ2n) is 6.19. The topological polar surface area (TPSA) is 57.3 Å². The summed E-state index contributed by atoms with van der Waals surface area (Å²) in [5, 5.41) is 4.50. The first-order valence-electron chi connectivity index (χ1n) is 8.59. The van der Waals surface area contributed by atoms with Crippen molar-refractivity contribution in [2.24, 2.45) is 7.05 Å². The Morgan fingerprint density at radius 2 is 1.67 bits per heavy atom. The van der Waals surface area contributed by atoms with E-state index in [-0.39, 0.29) is 5.56 Å². The normalized spacial score (nSPS) is 10.7. The van der Waals surface area contributed by atoms with Crippen molar-refractivity contribution in [1.29, 1.82) is 0 Å². The Kier molecular flexibility index (Phi) is 4.34. The lowest BCUT2D eigenvalue weighted by Gasteiger charge is -2.13. The fourth-order valence-electron chi connectivity index (χ4n) is 2.87. The SMILES string of the molecule is Cc1ccc(-c2cc(=O)n(C)nc2-c2ccccc2Oc2ccccc2)o1. The Labute approximate surface area is 156 Å². The van der Waals surface area contributed by atoms with E-state index in [1.807, 2.05) is 73.7 Å². The number of hydrogen-bond acceptors (Lipinski definition) is 4. The third-order valence-electron chi connectivity index (χ3n) is 4.21. The first-order valence-corrected chi connectivity index (χ1v) is 8.59. The smallest absolute Gasteiger partial charge is 0.267 e. The summed E-state index contributed by atoms with van der Waals surface area (Å²) in [6.07, 6.45) is 0. The Morgan fingerprint density at radius 1 is 0.926 bits per heavy atom. The van der Waals surface area contributed by atoms with E-state index in [0.29, 0.717) is 22.8 Å². The van der Waals surface area contributed by atoms with Crippen LogP contribution in [0.15, 0.2) is 82.0 Å². The van der Waals surface area contributed by atoms with Crippen molar-refractivity contribution >= 4 is 0 Å². The molecule has 4 rings (SSSR count). The van der Waals surface area contributed by atoms with Gasteiger partial charge in [-0.15, -0.1) is 0 Å². The van der Waals surface area contributed by atoms with E-state index in [2.05, 4.69) is 5.10 Å². The number of hydrogen-bond donors (Lipinski definition) is 0. The van der Waals surface area contributed by atoms with Crippen LogP contribution in [0.25, 0.3) is 22.6 Å². The van der Waals surface area contributed by atoms with E-state index in [1.54, 1.807) is 13.1 Å². The number of furan rings is 1. The standard InChI is InChI=1S/C22H18N2O3/c1-15-12-13-20(26-15)18-14-21(25)24(2)23-22(18)17-10-6-7-11-19(17)27-16-8-4-3-5-9-16/h3-14H,1-2H3. The van der Waals surface area contributed by atoms with Crippen molar-refractivity contribution in [2.75, 3.05) is 0 Å². The number of benzene rings is 2. The summed E-state index contributed by atoms with van der Waals surface area (Å²) in [4.78, 5) is 12.2. The predicted octanol–water partition coefficient (Wildman–Crippen LogP) is 4.81. The zero-order valence-corrected chi connectivity index (χ0v) is 15.0. The Hall–Kier alpha value is -3.60. The lowest BCUT2D eigenvalue weighted by molar-refractivity contribution is 0.484. The molecule has 0 aliphatic rings. The maximum Gasteiger partial charge on any atom is 0.267 e. The zero-order valence-electron chi connectivity index (χ0n) is 15.0. The molecule has 0 aliphatic carbocycles. The van der Waals surface area contributed by atoms with Crippen LogP contribution in [0.2, 0.25) is 0 Å². The molecule has 0 bridgehead atoms. The highest BCUT2D eigenvalue weighted by Gasteiger charge is 2.18. The number of para-hydroxylation sites is 2. The van der Waals surface area contributed by atoms with Crippen LogP contribution >= 0.6 is 0 Å². The van der Waals surface area contributed by atoms with E-state index in [0.717, 1.165) is 17.1 Å². The molecule has 0 fully saturated rings. The molecule has 0 N–H and O–H groups in total. The second-order valence-corrected chi connectivity index (χ2v) is 6.19. The predicted molar refractivity (Wildman–Crippen MR) is 104 cm³/mol. The summed E-state index contributed by atoms with van der Waals surface area (Å²) < 4.78 is 13.1. The summed E-state index contributed by atoms with van der Waals surface area (Å²) in [7, 11) is 1.63. The van der Waals surface area contributed by atoms with Gasteiger partial charge in [-0.3, -0.25) is 4.79 Å². The minimum absolute atomic E-state index is 0.204. The van der Waals surface area contributed by atoms with Crippen LogP contribution in [0.4, 0.5) is 0 Å². The molecule has 0 unspecified atom stereocenters. The molecule has 27 heavy (non-hydrogen) atoms. The number of aryl methyl sites for hydroxylation is 2. The minimum Gasteiger partial charge on any atom is -0.461 e. The Morgan fingerprint density at radius 3 is 2.41 bits per heavy atom. The van der Waals surface area contributed by atoms with Crippen molar-refractivity contribution in [3.05, 3.63) is 88.9 Å². The molecule has 0 radical (unpaired) electrons. The summed E-state index contributed by atoms with van der Waals surface area (Å²) in [6.45, 7) is 1.87. The number of aromatic nitrogens is 2. The van der Waals surface area contributed by atoms with Crippen LogP contribution in [-0.2, 0) is 7.05 Å². The summed E-state index contributed by atoms with van der Waals surface area (Å²) in [5.41, 5.74) is 1.83. The van der Waals surface area contributed by atoms with Gasteiger partial charge >= 0.3 is 0 Å². The highest BCUT2D eigenvalue weighted by molar-refractivity contribution is 5.81. The number of ether oxygens (including phenoxy) is 1. The van der Waals surface area contributed by atoms with Gasteiger partial charge in [-0.25, -0.2) is 4.68 Å². The molecule has 2 aromatic carbocycles. The quantitative estimate of drug-likeness (QED) is 0.525. The lowest BCUT2D eigenvalue weighted by Crippen LogP contribution is -2.19. The van der Waals surface area contributed by atoms with E-state index >= 15 is 0 Å². The molecule has 0 saturated carbocycles. The fraction of sp³-hybridized carbons (Fsp3) is 0.0909. The zero-order chi connectivity index (χ0) is 18.8. The Bertz CT molecular complexity index is 1140. The molecule has 0 atom stereocenters. The van der Waals surface area contributed by atoms with Crippen LogP contribution in [-0.4, -0.2) is 9.78 Å². The van der Waals surface area contributed by atoms with Crippen molar-refractivity contribution in [2.45, 2.75) is 6.92 Å². The third-order valence-corrected chi connectivity index (χ3v) is 4.21. The van der Waals surface area contributed by atoms with E-state index < -0.39 is 0 Å². The third kappa shape index (κ3) is 3.40. The van der Waals surface area contributed by atoms with Crippen LogP contribution in [0.5, 0.6) is 11.5 Å². The van der Waals surface area contributed by atoms with Gasteiger partial charge in [0, 0.05) is 18.7 Å². The van der Waals surface area contributed by atoms with Gasteiger partial charge in [0.2, 0.25) is 0 Å². The maximum atomic E-state index is 12.2. The molecule has 5 heteroatoms. The highest BCUT2D eigenvalue weighted by Crippen LogP contribution is 2.37. The summed E-state index contributed by atoms with van der Waals surface area (Å²) >= 11 is 0. The fourth-order valence-corrected chi connectivity index (χ4v) is 2.87. The first kappa shape index (κ1) is 16.8. The lowest BCUT2D eigenvalue weighted by atomic mass is 10.0. The highest BCUT2D eigenvalue weighted by atomic mass is 16.5. The van der Waals surface area contributed by atoms with E-state index in [9.17, 15) is 4.79 Å². The number of nitrogens with zero attached hydrogens (tertiary/aromatic N) is 2. The van der Waals surface area contributed by atoms with Crippen LogP contribution < -0.4 is 10.3 Å². The van der Waals surface area contributed by atoms with Crippen LogP contribution in [0.3, 0.4) is 0 Å². The largest absolute Gasteiger partial charge is 0.461 e. The van der Waals surface area contributed by atoms with Gasteiger partial charge in [-0.2, -0.15) is 5.10 Å². The monoisotopic (exact) mass is 358 g/mol. The first-order chi connectivity index (χ1) is 13.1. The number of rotatable bonds is 4. The van der Waals surface area contributed by atoms with Gasteiger partial charge in [-0.1, -0.05) is 30.3 Å². The van der Waals surface area contributed by atoms with E-state index in [4.69, 9.17) is 9.15 Å². The molecule has 4 aromatic rings. The van der Waals surface area contributed by atoms with Crippen molar-refractivity contribution < 1.29 is 9.15 Å². The van der Waals surface area contributed by atoms with Crippen LogP contribution in [0.1, 0.15) is 5.76 Å². The minimum atomic E-state index is -0.204. The molecule has 2 heterocycles. The van der Waals surface area contributed by atoms with Crippen molar-refractivity contribution in [3.8, 4) is 34.1 Å². The maximum absolute atomic E-state index is 12.2. The van der Waals surface area contributed by atoms with Crippen molar-refractivity contribution in [1.82, 2.24) is 9.78 Å². The van der Waals surface area contributed by atoms with Gasteiger partial charge < -0.3 is 9.15 Å². The van der Waals surface area contributed by atoms with Crippen LogP contribution in [0, 0.1) is 6.92 Å². The Balaban J connectivity index is 1.89. The molecule has 0 saturated heterocycles. The summed E-state index contributed by atoms with van der Waals surface area (Å²) in [5.74, 6) is 2.75. The molecule has 0 aliphatic heterocycles. The average molecular weight is 358 g/mol. The van der Waals surface area contributed by atoms with Crippen molar-refractivity contribution in [3.63, 3.8) is 0 Å².